The Morgan fingerprint density at radius 3 is 2.54 bits per heavy atom. The number of pyridine rings is 1. The number of benzene rings is 1. The van der Waals surface area contributed by atoms with Crippen LogP contribution in [0.2, 0.25) is 0 Å². The third-order valence-electron chi connectivity index (χ3n) is 5.41. The van der Waals surface area contributed by atoms with Gasteiger partial charge in [-0.1, -0.05) is 12.1 Å². The van der Waals surface area contributed by atoms with Crippen LogP contribution in [0.5, 0.6) is 0 Å². The van der Waals surface area contributed by atoms with E-state index in [9.17, 15) is 22.8 Å². The lowest BCUT2D eigenvalue weighted by molar-refractivity contribution is -0.137. The third-order valence-corrected chi connectivity index (χ3v) is 5.41. The van der Waals surface area contributed by atoms with E-state index in [0.29, 0.717) is 25.4 Å². The minimum absolute atomic E-state index is 0.0638. The van der Waals surface area contributed by atoms with Crippen LogP contribution in [0.1, 0.15) is 48.4 Å². The van der Waals surface area contributed by atoms with Gasteiger partial charge in [-0.3, -0.25) is 4.79 Å². The van der Waals surface area contributed by atoms with E-state index >= 15 is 0 Å². The van der Waals surface area contributed by atoms with Crippen LogP contribution >= 0.6 is 0 Å². The van der Waals surface area contributed by atoms with Gasteiger partial charge < -0.3 is 19.7 Å². The first-order valence-electron chi connectivity index (χ1n) is 11.5. The van der Waals surface area contributed by atoms with Crippen molar-refractivity contribution in [2.45, 2.75) is 38.7 Å². The second kappa shape index (κ2) is 10.2. The molecule has 0 spiro atoms. The van der Waals surface area contributed by atoms with E-state index in [-0.39, 0.29) is 17.5 Å². The van der Waals surface area contributed by atoms with E-state index in [0.717, 1.165) is 28.6 Å². The van der Waals surface area contributed by atoms with Crippen LogP contribution in [-0.2, 0) is 15.7 Å². The monoisotopic (exact) mass is 517 g/mol. The lowest BCUT2D eigenvalue weighted by Crippen LogP contribution is -2.44. The van der Waals surface area contributed by atoms with Crippen LogP contribution in [0.15, 0.2) is 55.0 Å². The number of nitrogens with zero attached hydrogens (tertiary/aromatic N) is 4. The van der Waals surface area contributed by atoms with Crippen molar-refractivity contribution in [2.75, 3.05) is 25.0 Å². The molecule has 0 saturated carbocycles. The van der Waals surface area contributed by atoms with Gasteiger partial charge in [-0.2, -0.15) is 18.3 Å². The molecule has 1 fully saturated rings. The molecule has 1 aliphatic heterocycles. The number of hydrogen-bond acceptors (Lipinski definition) is 6. The number of carbonyl (C=O) groups is 2. The maximum absolute atomic E-state index is 13.0. The summed E-state index contributed by atoms with van der Waals surface area (Å²) in [6, 6.07) is 8.68. The molecule has 1 N–H and O–H groups in total. The van der Waals surface area contributed by atoms with Crippen molar-refractivity contribution in [1.82, 2.24) is 19.7 Å². The molecule has 3 heterocycles. The highest BCUT2D eigenvalue weighted by atomic mass is 19.4. The lowest BCUT2D eigenvalue weighted by Gasteiger charge is -2.34. The van der Waals surface area contributed by atoms with Crippen LogP contribution in [0.3, 0.4) is 0 Å². The van der Waals surface area contributed by atoms with E-state index in [1.165, 1.54) is 12.4 Å². The molecule has 2 amide bonds. The fraction of sp³-hybridized carbons (Fsp3) is 0.360. The number of hydrogen-bond donors (Lipinski definition) is 1. The van der Waals surface area contributed by atoms with Gasteiger partial charge in [-0.15, -0.1) is 0 Å². The molecule has 0 unspecified atom stereocenters. The predicted octanol–water partition coefficient (Wildman–Crippen LogP) is 4.85. The average Bonchev–Trinajstić information content (AvgIpc) is 3.34. The molecule has 0 radical (unpaired) electrons. The number of aromatic nitrogens is 3. The lowest BCUT2D eigenvalue weighted by atomic mass is 10.1. The van der Waals surface area contributed by atoms with Crippen molar-refractivity contribution in [3.8, 4) is 5.82 Å². The molecule has 0 bridgehead atoms. The summed E-state index contributed by atoms with van der Waals surface area (Å²) in [6.07, 6.45) is -1.69. The molecule has 1 saturated heterocycles. The molecular formula is C25H26F3N5O4. The van der Waals surface area contributed by atoms with Crippen molar-refractivity contribution in [1.29, 1.82) is 0 Å². The molecular weight excluding hydrogens is 491 g/mol. The summed E-state index contributed by atoms with van der Waals surface area (Å²) in [7, 11) is 0. The highest BCUT2D eigenvalue weighted by molar-refractivity contribution is 6.04. The third kappa shape index (κ3) is 6.64. The van der Waals surface area contributed by atoms with Gasteiger partial charge in [-0.25, -0.2) is 14.5 Å². The van der Waals surface area contributed by atoms with Gasteiger partial charge in [0.25, 0.3) is 5.91 Å². The van der Waals surface area contributed by atoms with E-state index < -0.39 is 29.3 Å². The minimum atomic E-state index is -4.52. The number of carbonyl (C=O) groups excluding carboxylic acids is 2. The summed E-state index contributed by atoms with van der Waals surface area (Å²) in [4.78, 5) is 30.5. The van der Waals surface area contributed by atoms with Gasteiger partial charge in [-0.05, 0) is 50.6 Å². The Morgan fingerprint density at radius 2 is 1.86 bits per heavy atom. The molecule has 1 atom stereocenters. The molecule has 196 valence electrons. The SMILES string of the molecule is CC(C)(C)OC(=O)N1CCO[C@@H](c2ccc(NC(=O)c3cnn(-c4cc(C(F)(F)F)ccn4)c3)cc2)C1. The van der Waals surface area contributed by atoms with E-state index in [1.54, 1.807) is 29.2 Å². The summed E-state index contributed by atoms with van der Waals surface area (Å²) < 4.78 is 51.3. The van der Waals surface area contributed by atoms with Crippen LogP contribution in [0, 0.1) is 0 Å². The van der Waals surface area contributed by atoms with Crippen molar-refractivity contribution < 1.29 is 32.2 Å². The van der Waals surface area contributed by atoms with E-state index in [2.05, 4.69) is 15.4 Å². The summed E-state index contributed by atoms with van der Waals surface area (Å²) in [5, 5.41) is 6.68. The second-order valence-electron chi connectivity index (χ2n) is 9.44. The second-order valence-corrected chi connectivity index (χ2v) is 9.44. The zero-order chi connectivity index (χ0) is 26.8. The molecule has 1 aliphatic rings. The van der Waals surface area contributed by atoms with Gasteiger partial charge in [0.2, 0.25) is 0 Å². The van der Waals surface area contributed by atoms with Gasteiger partial charge in [0.15, 0.2) is 5.82 Å². The fourth-order valence-corrected chi connectivity index (χ4v) is 3.61. The van der Waals surface area contributed by atoms with Gasteiger partial charge >= 0.3 is 12.3 Å². The Morgan fingerprint density at radius 1 is 1.14 bits per heavy atom. The standard InChI is InChI=1S/C25H26F3N5O4/c1-24(2,3)37-23(35)32-10-11-36-20(15-32)16-4-6-19(7-5-16)31-22(34)17-13-30-33(14-17)21-12-18(8-9-29-21)25(26,27)28/h4-9,12-14,20H,10-11,15H2,1-3H3,(H,31,34)/t20-/m1/s1. The number of rotatable bonds is 4. The Bertz CT molecular complexity index is 1270. The normalized spacial score (nSPS) is 16.4. The first-order valence-corrected chi connectivity index (χ1v) is 11.5. The maximum atomic E-state index is 13.0. The molecule has 0 aliphatic carbocycles. The zero-order valence-electron chi connectivity index (χ0n) is 20.5. The highest BCUT2D eigenvalue weighted by Gasteiger charge is 2.31. The van der Waals surface area contributed by atoms with Crippen LogP contribution in [0.25, 0.3) is 5.82 Å². The zero-order valence-corrected chi connectivity index (χ0v) is 20.5. The number of anilines is 1. The maximum Gasteiger partial charge on any atom is 0.416 e. The Kier molecular flexibility index (Phi) is 7.21. The van der Waals surface area contributed by atoms with Crippen molar-refractivity contribution >= 4 is 17.7 Å². The van der Waals surface area contributed by atoms with Crippen molar-refractivity contribution in [2.24, 2.45) is 0 Å². The van der Waals surface area contributed by atoms with Crippen LogP contribution in [-0.4, -0.2) is 57.0 Å². The van der Waals surface area contributed by atoms with Gasteiger partial charge in [0, 0.05) is 24.6 Å². The quantitative estimate of drug-likeness (QED) is 0.532. The Hall–Kier alpha value is -3.93. The number of amides is 2. The molecule has 37 heavy (non-hydrogen) atoms. The van der Waals surface area contributed by atoms with E-state index in [1.807, 2.05) is 20.8 Å². The molecule has 12 heteroatoms. The summed E-state index contributed by atoms with van der Waals surface area (Å²) >= 11 is 0. The fourth-order valence-electron chi connectivity index (χ4n) is 3.61. The molecule has 1 aromatic carbocycles. The Labute approximate surface area is 211 Å². The van der Waals surface area contributed by atoms with Crippen LogP contribution < -0.4 is 5.32 Å². The summed E-state index contributed by atoms with van der Waals surface area (Å²) in [5.41, 5.74) is 0.0144. The van der Waals surface area contributed by atoms with Crippen molar-refractivity contribution in [3.63, 3.8) is 0 Å². The van der Waals surface area contributed by atoms with Gasteiger partial charge in [0.1, 0.15) is 11.7 Å². The molecule has 9 nitrogen and oxygen atoms in total. The van der Waals surface area contributed by atoms with Crippen LogP contribution in [0.4, 0.5) is 23.7 Å². The molecule has 2 aromatic heterocycles. The number of ether oxygens (including phenoxy) is 2. The smallest absolute Gasteiger partial charge is 0.416 e. The average molecular weight is 518 g/mol. The predicted molar refractivity (Wildman–Crippen MR) is 127 cm³/mol. The number of nitrogens with one attached hydrogen (secondary N) is 1. The van der Waals surface area contributed by atoms with E-state index in [4.69, 9.17) is 9.47 Å². The largest absolute Gasteiger partial charge is 0.444 e. The Balaban J connectivity index is 1.38. The number of morpholine rings is 1. The molecule has 4 rings (SSSR count). The number of halogens is 3. The summed E-state index contributed by atoms with van der Waals surface area (Å²) in [5.74, 6) is -0.554. The highest BCUT2D eigenvalue weighted by Crippen LogP contribution is 2.29. The van der Waals surface area contributed by atoms with Gasteiger partial charge in [0.05, 0.1) is 30.5 Å². The first kappa shape index (κ1) is 26.1. The van der Waals surface area contributed by atoms with Crippen molar-refractivity contribution in [3.05, 3.63) is 71.7 Å². The summed E-state index contributed by atoms with van der Waals surface area (Å²) in [6.45, 7) is 6.56. The molecule has 3 aromatic rings. The first-order chi connectivity index (χ1) is 17.4. The topological polar surface area (TPSA) is 98.6 Å². The number of alkyl halides is 3. The minimum Gasteiger partial charge on any atom is -0.444 e.